The molecule has 7 nitrogen and oxygen atoms in total. The molecule has 4 N–H and O–H groups in total. The van der Waals surface area contributed by atoms with Gasteiger partial charge < -0.3 is 20.8 Å². The first-order valence-electron chi connectivity index (χ1n) is 5.37. The number of nitrogens with one attached hydrogen (secondary N) is 2. The van der Waals surface area contributed by atoms with Crippen molar-refractivity contribution in [3.63, 3.8) is 0 Å². The maximum absolute atomic E-state index is 10.4. The van der Waals surface area contributed by atoms with E-state index in [1.807, 2.05) is 6.07 Å². The number of aromatic nitrogens is 1. The van der Waals surface area contributed by atoms with Gasteiger partial charge in [-0.2, -0.15) is 0 Å². The highest BCUT2D eigenvalue weighted by Crippen LogP contribution is 2.04. The van der Waals surface area contributed by atoms with Crippen LogP contribution in [0.5, 0.6) is 0 Å². The van der Waals surface area contributed by atoms with Crippen LogP contribution < -0.4 is 10.6 Å². The molecule has 1 aromatic rings. The molecule has 98 valence electrons. The van der Waals surface area contributed by atoms with E-state index in [1.54, 1.807) is 12.3 Å². The van der Waals surface area contributed by atoms with Gasteiger partial charge in [0.05, 0.1) is 18.8 Å². The Morgan fingerprint density at radius 3 is 2.33 bits per heavy atom. The molecule has 1 heterocycles. The highest BCUT2D eigenvalue weighted by molar-refractivity contribution is 5.69. The molecule has 7 heteroatoms. The lowest BCUT2D eigenvalue weighted by atomic mass is 10.2. The number of nitrogens with zero attached hydrogens (tertiary/aromatic N) is 1. The zero-order chi connectivity index (χ0) is 13.4. The molecule has 0 unspecified atom stereocenters. The van der Waals surface area contributed by atoms with Crippen LogP contribution in [-0.2, 0) is 22.7 Å². The number of carboxylic acid groups (broad SMARTS) is 2. The van der Waals surface area contributed by atoms with E-state index < -0.39 is 11.9 Å². The first kappa shape index (κ1) is 14.1. The van der Waals surface area contributed by atoms with Crippen molar-refractivity contribution in [3.05, 3.63) is 29.6 Å². The van der Waals surface area contributed by atoms with Crippen molar-refractivity contribution >= 4 is 11.9 Å². The average Bonchev–Trinajstić information content (AvgIpc) is 2.30. The molecule has 0 aliphatic carbocycles. The van der Waals surface area contributed by atoms with Crippen molar-refractivity contribution in [1.82, 2.24) is 15.6 Å². The van der Waals surface area contributed by atoms with Crippen molar-refractivity contribution in [2.24, 2.45) is 0 Å². The Labute approximate surface area is 104 Å². The quantitative estimate of drug-likeness (QED) is 0.491. The molecule has 0 spiro atoms. The van der Waals surface area contributed by atoms with Crippen LogP contribution in [0, 0.1) is 0 Å². The van der Waals surface area contributed by atoms with E-state index in [-0.39, 0.29) is 13.1 Å². The van der Waals surface area contributed by atoms with Gasteiger partial charge in [0, 0.05) is 19.3 Å². The fourth-order valence-corrected chi connectivity index (χ4v) is 1.38. The van der Waals surface area contributed by atoms with Crippen molar-refractivity contribution in [3.8, 4) is 0 Å². The molecule has 1 rings (SSSR count). The Morgan fingerprint density at radius 2 is 1.72 bits per heavy atom. The summed E-state index contributed by atoms with van der Waals surface area (Å²) in [5.41, 5.74) is 1.55. The molecule has 0 aliphatic heterocycles. The predicted octanol–water partition coefficient (Wildman–Crippen LogP) is -0.570. The monoisotopic (exact) mass is 253 g/mol. The van der Waals surface area contributed by atoms with Crippen molar-refractivity contribution < 1.29 is 19.8 Å². The highest BCUT2D eigenvalue weighted by Gasteiger charge is 2.05. The second-order valence-electron chi connectivity index (χ2n) is 3.60. The maximum atomic E-state index is 10.4. The van der Waals surface area contributed by atoms with Gasteiger partial charge in [0.25, 0.3) is 0 Å². The lowest BCUT2D eigenvalue weighted by molar-refractivity contribution is -0.137. The summed E-state index contributed by atoms with van der Waals surface area (Å²) in [4.78, 5) is 24.9. The van der Waals surface area contributed by atoms with Crippen molar-refractivity contribution in [1.29, 1.82) is 0 Å². The molecule has 0 bridgehead atoms. The van der Waals surface area contributed by atoms with Crippen LogP contribution in [0.3, 0.4) is 0 Å². The number of pyridine rings is 1. The molecule has 0 aromatic carbocycles. The predicted molar refractivity (Wildman–Crippen MR) is 62.9 cm³/mol. The van der Waals surface area contributed by atoms with Crippen LogP contribution in [0.4, 0.5) is 0 Å². The molecular formula is C11H15N3O4. The van der Waals surface area contributed by atoms with Gasteiger partial charge >= 0.3 is 11.9 Å². The van der Waals surface area contributed by atoms with Gasteiger partial charge in [-0.1, -0.05) is 6.07 Å². The number of hydrogen-bond acceptors (Lipinski definition) is 5. The average molecular weight is 253 g/mol. The molecule has 0 radical (unpaired) electrons. The highest BCUT2D eigenvalue weighted by atomic mass is 16.4. The standard InChI is InChI=1S/C11H15N3O4/c15-10(16)6-12-4-8-2-1-3-14-9(8)5-13-7-11(17)18/h1-3,12-13H,4-7H2,(H,15,16)(H,17,18). The van der Waals surface area contributed by atoms with Gasteiger partial charge in [0.15, 0.2) is 0 Å². The van der Waals surface area contributed by atoms with Crippen LogP contribution in [0.2, 0.25) is 0 Å². The third-order valence-electron chi connectivity index (χ3n) is 2.14. The SMILES string of the molecule is O=C(O)CNCc1cccnc1CNCC(=O)O. The van der Waals surface area contributed by atoms with Crippen LogP contribution in [-0.4, -0.2) is 40.2 Å². The summed E-state index contributed by atoms with van der Waals surface area (Å²) >= 11 is 0. The Hall–Kier alpha value is -1.99. The third kappa shape index (κ3) is 5.37. The second kappa shape index (κ2) is 7.36. The van der Waals surface area contributed by atoms with E-state index in [0.29, 0.717) is 18.8 Å². The summed E-state index contributed by atoms with van der Waals surface area (Å²) in [7, 11) is 0. The summed E-state index contributed by atoms with van der Waals surface area (Å²) in [6, 6.07) is 3.57. The molecule has 0 fully saturated rings. The smallest absolute Gasteiger partial charge is 0.317 e. The number of carboxylic acids is 2. The van der Waals surface area contributed by atoms with Gasteiger partial charge in [-0.15, -0.1) is 0 Å². The van der Waals surface area contributed by atoms with Gasteiger partial charge in [0.2, 0.25) is 0 Å². The van der Waals surface area contributed by atoms with Crippen molar-refractivity contribution in [2.45, 2.75) is 13.1 Å². The fraction of sp³-hybridized carbons (Fsp3) is 0.364. The van der Waals surface area contributed by atoms with Gasteiger partial charge in [-0.25, -0.2) is 0 Å². The van der Waals surface area contributed by atoms with Gasteiger partial charge in [0.1, 0.15) is 0 Å². The first-order valence-corrected chi connectivity index (χ1v) is 5.37. The normalized spacial score (nSPS) is 10.2. The topological polar surface area (TPSA) is 112 Å². The van der Waals surface area contributed by atoms with E-state index in [0.717, 1.165) is 5.56 Å². The van der Waals surface area contributed by atoms with E-state index >= 15 is 0 Å². The summed E-state index contributed by atoms with van der Waals surface area (Å²) < 4.78 is 0. The summed E-state index contributed by atoms with van der Waals surface area (Å²) in [6.07, 6.45) is 1.61. The van der Waals surface area contributed by atoms with Gasteiger partial charge in [-0.05, 0) is 11.6 Å². The number of carbonyl (C=O) groups is 2. The van der Waals surface area contributed by atoms with Crippen molar-refractivity contribution in [2.75, 3.05) is 13.1 Å². The van der Waals surface area contributed by atoms with Crippen LogP contribution in [0.1, 0.15) is 11.3 Å². The zero-order valence-electron chi connectivity index (χ0n) is 9.72. The zero-order valence-corrected chi connectivity index (χ0v) is 9.72. The molecule has 18 heavy (non-hydrogen) atoms. The molecule has 1 aromatic heterocycles. The Kier molecular flexibility index (Phi) is 5.75. The lowest BCUT2D eigenvalue weighted by Gasteiger charge is -2.08. The van der Waals surface area contributed by atoms with E-state index in [1.165, 1.54) is 0 Å². The minimum absolute atomic E-state index is 0.128. The summed E-state index contributed by atoms with van der Waals surface area (Å²) in [5, 5.41) is 22.5. The van der Waals surface area contributed by atoms with E-state index in [4.69, 9.17) is 10.2 Å². The van der Waals surface area contributed by atoms with E-state index in [2.05, 4.69) is 15.6 Å². The first-order chi connectivity index (χ1) is 8.59. The molecule has 0 saturated carbocycles. The summed E-state index contributed by atoms with van der Waals surface area (Å²) in [6.45, 7) is 0.441. The molecule has 0 atom stereocenters. The molecule has 0 amide bonds. The minimum Gasteiger partial charge on any atom is -0.480 e. The maximum Gasteiger partial charge on any atom is 0.317 e. The van der Waals surface area contributed by atoms with Crippen LogP contribution >= 0.6 is 0 Å². The Morgan fingerprint density at radius 1 is 1.11 bits per heavy atom. The van der Waals surface area contributed by atoms with Gasteiger partial charge in [-0.3, -0.25) is 14.6 Å². The minimum atomic E-state index is -0.934. The fourth-order valence-electron chi connectivity index (χ4n) is 1.38. The van der Waals surface area contributed by atoms with Crippen LogP contribution in [0.15, 0.2) is 18.3 Å². The number of aliphatic carboxylic acids is 2. The number of hydrogen-bond donors (Lipinski definition) is 4. The number of rotatable bonds is 8. The lowest BCUT2D eigenvalue weighted by Crippen LogP contribution is -2.25. The Balaban J connectivity index is 2.50. The molecule has 0 saturated heterocycles. The van der Waals surface area contributed by atoms with E-state index in [9.17, 15) is 9.59 Å². The Bertz CT molecular complexity index is 384. The third-order valence-corrected chi connectivity index (χ3v) is 2.14. The second-order valence-corrected chi connectivity index (χ2v) is 3.60. The largest absolute Gasteiger partial charge is 0.480 e. The molecular weight excluding hydrogens is 238 g/mol. The summed E-state index contributed by atoms with van der Waals surface area (Å²) in [5.74, 6) is -1.86. The van der Waals surface area contributed by atoms with Crippen LogP contribution in [0.25, 0.3) is 0 Å². The molecule has 0 aliphatic rings.